The van der Waals surface area contributed by atoms with Gasteiger partial charge in [-0.15, -0.1) is 0 Å². The van der Waals surface area contributed by atoms with E-state index in [1.54, 1.807) is 7.11 Å². The molecule has 0 aromatic carbocycles. The predicted octanol–water partition coefficient (Wildman–Crippen LogP) is 1.68. The van der Waals surface area contributed by atoms with Gasteiger partial charge in [0.25, 0.3) is 0 Å². The lowest BCUT2D eigenvalue weighted by molar-refractivity contribution is 0.396. The highest BCUT2D eigenvalue weighted by molar-refractivity contribution is 5.24. The Hall–Kier alpha value is -1.09. The summed E-state index contributed by atoms with van der Waals surface area (Å²) in [7, 11) is 1.64. The molecule has 1 atom stereocenters. The summed E-state index contributed by atoms with van der Waals surface area (Å²) in [6, 6.07) is 4.29. The minimum atomic E-state index is 0.245. The largest absolute Gasteiger partial charge is 0.481 e. The monoisotopic (exact) mass is 194 g/mol. The van der Waals surface area contributed by atoms with Gasteiger partial charge in [0.2, 0.25) is 5.88 Å². The average Bonchev–Trinajstić information content (AvgIpc) is 2.14. The molecule has 1 aromatic rings. The second-order valence-corrected chi connectivity index (χ2v) is 3.68. The zero-order chi connectivity index (χ0) is 10.6. The van der Waals surface area contributed by atoms with Crippen LogP contribution < -0.4 is 10.5 Å². The van der Waals surface area contributed by atoms with E-state index in [1.165, 1.54) is 5.56 Å². The number of hydrogen-bond donors (Lipinski definition) is 1. The smallest absolute Gasteiger partial charge is 0.213 e. The van der Waals surface area contributed by atoms with E-state index in [0.29, 0.717) is 5.88 Å². The molecule has 0 aliphatic heterocycles. The van der Waals surface area contributed by atoms with Crippen LogP contribution in [0.15, 0.2) is 12.1 Å². The van der Waals surface area contributed by atoms with Gasteiger partial charge < -0.3 is 10.5 Å². The van der Waals surface area contributed by atoms with Gasteiger partial charge in [-0.25, -0.2) is 4.98 Å². The first-order valence-electron chi connectivity index (χ1n) is 4.89. The predicted molar refractivity (Wildman–Crippen MR) is 57.5 cm³/mol. The number of methoxy groups -OCH3 is 1. The number of aromatic nitrogens is 1. The van der Waals surface area contributed by atoms with Gasteiger partial charge in [-0.1, -0.05) is 0 Å². The van der Waals surface area contributed by atoms with E-state index in [1.807, 2.05) is 19.9 Å². The topological polar surface area (TPSA) is 48.1 Å². The van der Waals surface area contributed by atoms with Crippen molar-refractivity contribution in [1.82, 2.24) is 4.98 Å². The van der Waals surface area contributed by atoms with Crippen LogP contribution in [0, 0.1) is 6.92 Å². The van der Waals surface area contributed by atoms with E-state index in [4.69, 9.17) is 10.5 Å². The lowest BCUT2D eigenvalue weighted by Crippen LogP contribution is -2.15. The molecule has 0 aliphatic rings. The molecule has 14 heavy (non-hydrogen) atoms. The van der Waals surface area contributed by atoms with Crippen LogP contribution in [0.4, 0.5) is 0 Å². The molecule has 78 valence electrons. The molecule has 0 aliphatic carbocycles. The Bertz CT molecular complexity index is 297. The van der Waals surface area contributed by atoms with Gasteiger partial charge in [0.15, 0.2) is 0 Å². The first kappa shape index (κ1) is 11.0. The van der Waals surface area contributed by atoms with Crippen LogP contribution in [0.3, 0.4) is 0 Å². The van der Waals surface area contributed by atoms with Crippen molar-refractivity contribution in [2.75, 3.05) is 7.11 Å². The molecular formula is C11H18N2O. The number of rotatable bonds is 4. The highest BCUT2D eigenvalue weighted by Crippen LogP contribution is 2.13. The van der Waals surface area contributed by atoms with E-state index >= 15 is 0 Å². The molecule has 0 amide bonds. The molecule has 0 saturated heterocycles. The number of aryl methyl sites for hydroxylation is 2. The van der Waals surface area contributed by atoms with Crippen molar-refractivity contribution in [3.8, 4) is 5.88 Å². The summed E-state index contributed by atoms with van der Waals surface area (Å²) in [6.07, 6.45) is 1.98. The van der Waals surface area contributed by atoms with Crippen LogP contribution in [-0.4, -0.2) is 18.1 Å². The molecule has 1 aromatic heterocycles. The van der Waals surface area contributed by atoms with Gasteiger partial charge in [-0.2, -0.15) is 0 Å². The Kier molecular flexibility index (Phi) is 3.89. The van der Waals surface area contributed by atoms with Crippen LogP contribution in [0.25, 0.3) is 0 Å². The first-order chi connectivity index (χ1) is 6.61. The summed E-state index contributed by atoms with van der Waals surface area (Å²) in [5.41, 5.74) is 7.93. The van der Waals surface area contributed by atoms with Crippen molar-refractivity contribution >= 4 is 0 Å². The van der Waals surface area contributed by atoms with Gasteiger partial charge in [0.1, 0.15) is 0 Å². The molecule has 2 N–H and O–H groups in total. The maximum atomic E-state index is 5.70. The fourth-order valence-corrected chi connectivity index (χ4v) is 1.35. The number of ether oxygens (including phenoxy) is 1. The maximum Gasteiger partial charge on any atom is 0.213 e. The highest BCUT2D eigenvalue weighted by Gasteiger charge is 2.01. The standard InChI is InChI=1S/C11H18N2O/c1-8(12)4-5-10-6-9(2)13-11(7-10)14-3/h6-8H,4-5,12H2,1-3H3/t8-/m1/s1. The third-order valence-corrected chi connectivity index (χ3v) is 2.09. The van der Waals surface area contributed by atoms with E-state index in [0.717, 1.165) is 18.5 Å². The van der Waals surface area contributed by atoms with Crippen molar-refractivity contribution in [3.05, 3.63) is 23.4 Å². The minimum absolute atomic E-state index is 0.245. The third kappa shape index (κ3) is 3.34. The van der Waals surface area contributed by atoms with Crippen LogP contribution >= 0.6 is 0 Å². The Morgan fingerprint density at radius 3 is 2.79 bits per heavy atom. The molecule has 3 nitrogen and oxygen atoms in total. The van der Waals surface area contributed by atoms with E-state index in [-0.39, 0.29) is 6.04 Å². The Morgan fingerprint density at radius 1 is 1.50 bits per heavy atom. The Balaban J connectivity index is 2.71. The summed E-state index contributed by atoms with van der Waals surface area (Å²) >= 11 is 0. The van der Waals surface area contributed by atoms with E-state index in [9.17, 15) is 0 Å². The summed E-state index contributed by atoms with van der Waals surface area (Å²) in [5.74, 6) is 0.685. The quantitative estimate of drug-likeness (QED) is 0.793. The Labute approximate surface area is 85.3 Å². The maximum absolute atomic E-state index is 5.70. The number of pyridine rings is 1. The van der Waals surface area contributed by atoms with Crippen LogP contribution in [-0.2, 0) is 6.42 Å². The summed E-state index contributed by atoms with van der Waals surface area (Å²) in [6.45, 7) is 3.99. The van der Waals surface area contributed by atoms with Crippen molar-refractivity contribution in [1.29, 1.82) is 0 Å². The lowest BCUT2D eigenvalue weighted by atomic mass is 10.1. The molecule has 1 heterocycles. The van der Waals surface area contributed by atoms with E-state index < -0.39 is 0 Å². The second kappa shape index (κ2) is 4.96. The third-order valence-electron chi connectivity index (χ3n) is 2.09. The first-order valence-corrected chi connectivity index (χ1v) is 4.89. The number of hydrogen-bond acceptors (Lipinski definition) is 3. The van der Waals surface area contributed by atoms with Gasteiger partial charge in [-0.05, 0) is 38.3 Å². The average molecular weight is 194 g/mol. The van der Waals surface area contributed by atoms with Crippen LogP contribution in [0.2, 0.25) is 0 Å². The zero-order valence-corrected chi connectivity index (χ0v) is 9.08. The van der Waals surface area contributed by atoms with Crippen molar-refractivity contribution in [2.45, 2.75) is 32.7 Å². The molecule has 0 saturated carbocycles. The fraction of sp³-hybridized carbons (Fsp3) is 0.545. The van der Waals surface area contributed by atoms with Crippen molar-refractivity contribution < 1.29 is 4.74 Å². The fourth-order valence-electron chi connectivity index (χ4n) is 1.35. The number of nitrogens with two attached hydrogens (primary N) is 1. The minimum Gasteiger partial charge on any atom is -0.481 e. The summed E-state index contributed by atoms with van der Waals surface area (Å²) in [4.78, 5) is 4.23. The molecular weight excluding hydrogens is 176 g/mol. The molecule has 0 radical (unpaired) electrons. The molecule has 1 rings (SSSR count). The molecule has 0 spiro atoms. The van der Waals surface area contributed by atoms with Crippen molar-refractivity contribution in [2.24, 2.45) is 5.73 Å². The van der Waals surface area contributed by atoms with Crippen LogP contribution in [0.5, 0.6) is 5.88 Å². The second-order valence-electron chi connectivity index (χ2n) is 3.68. The van der Waals surface area contributed by atoms with E-state index in [2.05, 4.69) is 11.1 Å². The SMILES string of the molecule is COc1cc(CC[C@@H](C)N)cc(C)n1. The van der Waals surface area contributed by atoms with Crippen LogP contribution in [0.1, 0.15) is 24.6 Å². The van der Waals surface area contributed by atoms with Gasteiger partial charge >= 0.3 is 0 Å². The molecule has 3 heteroatoms. The van der Waals surface area contributed by atoms with Gasteiger partial charge in [0.05, 0.1) is 7.11 Å². The molecule has 0 bridgehead atoms. The Morgan fingerprint density at radius 2 is 2.21 bits per heavy atom. The van der Waals surface area contributed by atoms with Gasteiger partial charge in [-0.3, -0.25) is 0 Å². The molecule has 0 unspecified atom stereocenters. The zero-order valence-electron chi connectivity index (χ0n) is 9.08. The lowest BCUT2D eigenvalue weighted by Gasteiger charge is -2.07. The van der Waals surface area contributed by atoms with Crippen molar-refractivity contribution in [3.63, 3.8) is 0 Å². The summed E-state index contributed by atoms with van der Waals surface area (Å²) < 4.78 is 5.10. The number of nitrogens with zero attached hydrogens (tertiary/aromatic N) is 1. The molecule has 0 fully saturated rings. The highest BCUT2D eigenvalue weighted by atomic mass is 16.5. The normalized spacial score (nSPS) is 12.6. The van der Waals surface area contributed by atoms with Gasteiger partial charge in [0, 0.05) is 17.8 Å². The summed E-state index contributed by atoms with van der Waals surface area (Å²) in [5, 5.41) is 0.